The van der Waals surface area contributed by atoms with Gasteiger partial charge in [0.2, 0.25) is 5.91 Å². The molecule has 2 aromatic heterocycles. The van der Waals surface area contributed by atoms with Crippen molar-refractivity contribution in [2.45, 2.75) is 33.2 Å². The summed E-state index contributed by atoms with van der Waals surface area (Å²) in [6, 6.07) is 7.89. The highest BCUT2D eigenvalue weighted by Gasteiger charge is 2.20. The highest BCUT2D eigenvalue weighted by Crippen LogP contribution is 2.19. The molecule has 0 aliphatic heterocycles. The number of benzene rings is 1. The fraction of sp³-hybridized carbons (Fsp3) is 0.333. The zero-order valence-electron chi connectivity index (χ0n) is 14.7. The van der Waals surface area contributed by atoms with Gasteiger partial charge in [-0.15, -0.1) is 5.10 Å². The monoisotopic (exact) mass is 341 g/mol. The first kappa shape index (κ1) is 17.0. The molecule has 3 aromatic rings. The van der Waals surface area contributed by atoms with Crippen LogP contribution in [0.5, 0.6) is 0 Å². The Balaban J connectivity index is 1.77. The van der Waals surface area contributed by atoms with Gasteiger partial charge in [0.25, 0.3) is 5.78 Å². The lowest BCUT2D eigenvalue weighted by atomic mass is 10.1. The molecule has 0 spiro atoms. The molecule has 0 aliphatic rings. The smallest absolute Gasteiger partial charge is 0.252 e. The van der Waals surface area contributed by atoms with Gasteiger partial charge in [-0.3, -0.25) is 4.79 Å². The second kappa shape index (κ2) is 6.58. The Morgan fingerprint density at radius 2 is 1.92 bits per heavy atom. The molecule has 25 heavy (non-hydrogen) atoms. The van der Waals surface area contributed by atoms with Crippen molar-refractivity contribution in [1.29, 1.82) is 0 Å². The van der Waals surface area contributed by atoms with Gasteiger partial charge in [0.1, 0.15) is 5.82 Å². The number of carbonyl (C=O) groups excluding carboxylic acids is 1. The predicted molar refractivity (Wildman–Crippen MR) is 91.5 cm³/mol. The van der Waals surface area contributed by atoms with Gasteiger partial charge >= 0.3 is 0 Å². The minimum atomic E-state index is -0.294. The number of aromatic nitrogens is 4. The van der Waals surface area contributed by atoms with Gasteiger partial charge in [0.15, 0.2) is 5.82 Å². The molecule has 1 aromatic carbocycles. The summed E-state index contributed by atoms with van der Waals surface area (Å²) in [7, 11) is 1.72. The number of rotatable bonds is 4. The average molecular weight is 341 g/mol. The quantitative estimate of drug-likeness (QED) is 0.732. The molecule has 1 atom stereocenters. The molecule has 3 rings (SSSR count). The molecule has 2 heterocycles. The second-order valence-corrected chi connectivity index (χ2v) is 6.19. The lowest BCUT2D eigenvalue weighted by Gasteiger charge is -2.25. The van der Waals surface area contributed by atoms with Crippen LogP contribution in [0, 0.1) is 19.7 Å². The van der Waals surface area contributed by atoms with Crippen LogP contribution in [0.2, 0.25) is 0 Å². The molecule has 0 fully saturated rings. The third kappa shape index (κ3) is 3.50. The molecule has 0 unspecified atom stereocenters. The summed E-state index contributed by atoms with van der Waals surface area (Å²) in [5.74, 6) is 0.526. The molecule has 0 bridgehead atoms. The third-order valence-electron chi connectivity index (χ3n) is 4.30. The van der Waals surface area contributed by atoms with E-state index in [1.165, 1.54) is 12.1 Å². The molecule has 7 heteroatoms. The van der Waals surface area contributed by atoms with Crippen molar-refractivity contribution in [2.24, 2.45) is 0 Å². The maximum atomic E-state index is 13.1. The molecule has 130 valence electrons. The van der Waals surface area contributed by atoms with E-state index in [0.29, 0.717) is 11.6 Å². The van der Waals surface area contributed by atoms with E-state index in [9.17, 15) is 9.18 Å². The van der Waals surface area contributed by atoms with E-state index < -0.39 is 0 Å². The topological polar surface area (TPSA) is 63.4 Å². The average Bonchev–Trinajstić information content (AvgIpc) is 2.96. The van der Waals surface area contributed by atoms with Gasteiger partial charge in [0.05, 0.1) is 12.5 Å². The van der Waals surface area contributed by atoms with Crippen LogP contribution in [0.25, 0.3) is 5.78 Å². The Morgan fingerprint density at radius 1 is 1.24 bits per heavy atom. The van der Waals surface area contributed by atoms with Crippen LogP contribution < -0.4 is 0 Å². The minimum absolute atomic E-state index is 0.0872. The van der Waals surface area contributed by atoms with Gasteiger partial charge in [-0.2, -0.15) is 4.98 Å². The number of halogens is 1. The number of likely N-dealkylation sites (N-methyl/N-ethyl adjacent to an activating group) is 1. The zero-order valence-corrected chi connectivity index (χ0v) is 14.7. The van der Waals surface area contributed by atoms with Crippen molar-refractivity contribution >= 4 is 11.7 Å². The highest BCUT2D eigenvalue weighted by atomic mass is 19.1. The third-order valence-corrected chi connectivity index (χ3v) is 4.30. The lowest BCUT2D eigenvalue weighted by molar-refractivity contribution is -0.131. The van der Waals surface area contributed by atoms with Gasteiger partial charge in [0, 0.05) is 18.4 Å². The van der Waals surface area contributed by atoms with Gasteiger partial charge < -0.3 is 4.90 Å². The summed E-state index contributed by atoms with van der Waals surface area (Å²) in [5.41, 5.74) is 2.65. The van der Waals surface area contributed by atoms with Crippen LogP contribution in [0.1, 0.15) is 35.7 Å². The first-order valence-corrected chi connectivity index (χ1v) is 8.06. The Morgan fingerprint density at radius 3 is 2.60 bits per heavy atom. The van der Waals surface area contributed by atoms with E-state index in [1.807, 2.05) is 26.8 Å². The van der Waals surface area contributed by atoms with Crippen molar-refractivity contribution in [3.05, 3.63) is 58.9 Å². The van der Waals surface area contributed by atoms with E-state index in [1.54, 1.807) is 28.6 Å². The molecule has 0 saturated heterocycles. The largest absolute Gasteiger partial charge is 0.339 e. The summed E-state index contributed by atoms with van der Waals surface area (Å²) < 4.78 is 14.7. The maximum Gasteiger partial charge on any atom is 0.252 e. The van der Waals surface area contributed by atoms with Crippen molar-refractivity contribution in [2.75, 3.05) is 7.05 Å². The molecule has 0 saturated carbocycles. The first-order valence-electron chi connectivity index (χ1n) is 8.06. The van der Waals surface area contributed by atoms with E-state index >= 15 is 0 Å². The zero-order chi connectivity index (χ0) is 18.1. The summed E-state index contributed by atoms with van der Waals surface area (Å²) >= 11 is 0. The molecular formula is C18H20FN5O. The summed E-state index contributed by atoms with van der Waals surface area (Å²) in [6.45, 7) is 5.71. The fourth-order valence-electron chi connectivity index (χ4n) is 2.72. The van der Waals surface area contributed by atoms with E-state index in [0.717, 1.165) is 17.0 Å². The fourth-order valence-corrected chi connectivity index (χ4v) is 2.72. The Bertz CT molecular complexity index is 919. The second-order valence-electron chi connectivity index (χ2n) is 6.19. The van der Waals surface area contributed by atoms with Crippen molar-refractivity contribution in [1.82, 2.24) is 24.5 Å². The summed E-state index contributed by atoms with van der Waals surface area (Å²) in [4.78, 5) is 22.9. The lowest BCUT2D eigenvalue weighted by Crippen LogP contribution is -2.31. The Hall–Kier alpha value is -2.83. The van der Waals surface area contributed by atoms with Gasteiger partial charge in [-0.25, -0.2) is 13.9 Å². The molecule has 6 nitrogen and oxygen atoms in total. The SMILES string of the molecule is Cc1cc(C)n2nc(CC(=O)N(C)[C@@H](C)c3ccc(F)cc3)nc2n1. The molecule has 0 N–H and O–H groups in total. The standard InChI is InChI=1S/C18H20FN5O/c1-11-9-12(2)24-18(20-11)21-16(22-24)10-17(25)23(4)13(3)14-5-7-15(19)8-6-14/h5-9,13H,10H2,1-4H3/t13-/m0/s1. The number of amides is 1. The van der Waals surface area contributed by atoms with Crippen LogP contribution >= 0.6 is 0 Å². The number of aryl methyl sites for hydroxylation is 2. The van der Waals surface area contributed by atoms with E-state index in [2.05, 4.69) is 15.1 Å². The van der Waals surface area contributed by atoms with Gasteiger partial charge in [-0.1, -0.05) is 12.1 Å². The van der Waals surface area contributed by atoms with Crippen molar-refractivity contribution in [3.8, 4) is 0 Å². The van der Waals surface area contributed by atoms with Crippen LogP contribution in [0.3, 0.4) is 0 Å². The summed E-state index contributed by atoms with van der Waals surface area (Å²) in [5, 5.41) is 4.37. The Kier molecular flexibility index (Phi) is 4.48. The summed E-state index contributed by atoms with van der Waals surface area (Å²) in [6.07, 6.45) is 0.0872. The number of nitrogens with zero attached hydrogens (tertiary/aromatic N) is 5. The molecular weight excluding hydrogens is 321 g/mol. The first-order chi connectivity index (χ1) is 11.8. The maximum absolute atomic E-state index is 13.1. The molecule has 1 amide bonds. The molecule has 0 radical (unpaired) electrons. The van der Waals surface area contributed by atoms with Crippen LogP contribution in [-0.2, 0) is 11.2 Å². The minimum Gasteiger partial charge on any atom is -0.339 e. The highest BCUT2D eigenvalue weighted by molar-refractivity contribution is 5.78. The number of hydrogen-bond donors (Lipinski definition) is 0. The van der Waals surface area contributed by atoms with Crippen LogP contribution in [0.15, 0.2) is 30.3 Å². The van der Waals surface area contributed by atoms with Crippen molar-refractivity contribution in [3.63, 3.8) is 0 Å². The van der Waals surface area contributed by atoms with Crippen LogP contribution in [-0.4, -0.2) is 37.4 Å². The number of carbonyl (C=O) groups is 1. The van der Waals surface area contributed by atoms with E-state index in [-0.39, 0.29) is 24.2 Å². The predicted octanol–water partition coefficient (Wildman–Crippen LogP) is 2.64. The van der Waals surface area contributed by atoms with Crippen LogP contribution in [0.4, 0.5) is 4.39 Å². The van der Waals surface area contributed by atoms with Gasteiger partial charge in [-0.05, 0) is 44.5 Å². The number of hydrogen-bond acceptors (Lipinski definition) is 4. The molecule has 0 aliphatic carbocycles. The number of fused-ring (bicyclic) bond motifs is 1. The van der Waals surface area contributed by atoms with Crippen molar-refractivity contribution < 1.29 is 9.18 Å². The normalized spacial score (nSPS) is 12.4. The Labute approximate surface area is 145 Å². The van der Waals surface area contributed by atoms with E-state index in [4.69, 9.17) is 0 Å².